The number of rotatable bonds is 3. The minimum Gasteiger partial charge on any atom is -0.319 e. The lowest BCUT2D eigenvalue weighted by Gasteiger charge is -2.06. The number of benzene rings is 1. The summed E-state index contributed by atoms with van der Waals surface area (Å²) in [5.41, 5.74) is 1.21. The van der Waals surface area contributed by atoms with Crippen molar-refractivity contribution in [3.63, 3.8) is 0 Å². The highest BCUT2D eigenvalue weighted by Crippen LogP contribution is 2.21. The molecule has 0 bridgehead atoms. The van der Waals surface area contributed by atoms with Crippen molar-refractivity contribution in [3.05, 3.63) is 40.6 Å². The molecule has 1 aromatic carbocycles. The van der Waals surface area contributed by atoms with Crippen LogP contribution in [-0.4, -0.2) is 15.7 Å². The van der Waals surface area contributed by atoms with Crippen molar-refractivity contribution in [1.29, 1.82) is 0 Å². The molecule has 0 saturated heterocycles. The van der Waals surface area contributed by atoms with Crippen LogP contribution in [0.15, 0.2) is 40.0 Å². The normalized spacial score (nSPS) is 10.8. The maximum absolute atomic E-state index is 12.1. The zero-order valence-electron chi connectivity index (χ0n) is 10.6. The molecule has 0 fully saturated rings. The summed E-state index contributed by atoms with van der Waals surface area (Å²) in [6.07, 6.45) is 3.44. The van der Waals surface area contributed by atoms with Gasteiger partial charge in [-0.3, -0.25) is 9.48 Å². The number of halogens is 1. The van der Waals surface area contributed by atoms with E-state index >= 15 is 0 Å². The highest BCUT2D eigenvalue weighted by atomic mass is 79.9. The monoisotopic (exact) mass is 339 g/mol. The van der Waals surface area contributed by atoms with Crippen molar-refractivity contribution in [2.75, 3.05) is 5.32 Å². The van der Waals surface area contributed by atoms with Crippen LogP contribution in [0.2, 0.25) is 0 Å². The first-order chi connectivity index (χ1) is 8.97. The van der Waals surface area contributed by atoms with E-state index in [0.717, 1.165) is 4.47 Å². The molecular formula is C13H14BrN3OS. The molecule has 0 radical (unpaired) electrons. The molecule has 1 amide bonds. The number of anilines is 1. The van der Waals surface area contributed by atoms with Crippen molar-refractivity contribution in [2.45, 2.75) is 24.8 Å². The van der Waals surface area contributed by atoms with Gasteiger partial charge in [0.1, 0.15) is 0 Å². The molecule has 1 aromatic heterocycles. The third-order valence-electron chi connectivity index (χ3n) is 2.59. The number of nitrogens with one attached hydrogen (secondary N) is 1. The Kier molecular flexibility index (Phi) is 4.31. The lowest BCUT2D eigenvalue weighted by Crippen LogP contribution is -2.12. The molecular weight excluding hydrogens is 326 g/mol. The number of hydrogen-bond acceptors (Lipinski definition) is 3. The van der Waals surface area contributed by atoms with E-state index in [2.05, 4.69) is 39.0 Å². The number of thiol groups is 1. The second-order valence-electron chi connectivity index (χ2n) is 4.42. The third-order valence-corrected chi connectivity index (χ3v) is 3.46. The van der Waals surface area contributed by atoms with Crippen molar-refractivity contribution in [3.8, 4) is 0 Å². The summed E-state index contributed by atoms with van der Waals surface area (Å²) in [5, 5.41) is 6.98. The van der Waals surface area contributed by atoms with Gasteiger partial charge in [-0.15, -0.1) is 12.6 Å². The van der Waals surface area contributed by atoms with Crippen LogP contribution in [0, 0.1) is 0 Å². The van der Waals surface area contributed by atoms with Gasteiger partial charge in [-0.2, -0.15) is 5.10 Å². The van der Waals surface area contributed by atoms with Crippen LogP contribution in [0.25, 0.3) is 0 Å². The smallest absolute Gasteiger partial charge is 0.256 e. The SMILES string of the molecule is CC(C)n1cc(NC(=O)c2ccc(Br)cc2S)cn1. The maximum atomic E-state index is 12.1. The van der Waals surface area contributed by atoms with Crippen LogP contribution in [0.4, 0.5) is 5.69 Å². The van der Waals surface area contributed by atoms with Crippen LogP contribution in [0.5, 0.6) is 0 Å². The maximum Gasteiger partial charge on any atom is 0.256 e. The number of hydrogen-bond donors (Lipinski definition) is 2. The van der Waals surface area contributed by atoms with Crippen LogP contribution < -0.4 is 5.32 Å². The fourth-order valence-corrected chi connectivity index (χ4v) is 2.43. The summed E-state index contributed by atoms with van der Waals surface area (Å²) < 4.78 is 2.68. The molecule has 0 aliphatic heterocycles. The molecule has 0 aliphatic rings. The average Bonchev–Trinajstić information content (AvgIpc) is 2.77. The second kappa shape index (κ2) is 5.79. The summed E-state index contributed by atoms with van der Waals surface area (Å²) in [7, 11) is 0. The molecule has 100 valence electrons. The number of nitrogens with zero attached hydrogens (tertiary/aromatic N) is 2. The predicted molar refractivity (Wildman–Crippen MR) is 82.0 cm³/mol. The van der Waals surface area contributed by atoms with E-state index in [1.807, 2.05) is 19.9 Å². The van der Waals surface area contributed by atoms with Crippen molar-refractivity contribution in [1.82, 2.24) is 9.78 Å². The minimum atomic E-state index is -0.194. The summed E-state index contributed by atoms with van der Waals surface area (Å²) in [6.45, 7) is 4.05. The van der Waals surface area contributed by atoms with E-state index < -0.39 is 0 Å². The topological polar surface area (TPSA) is 46.9 Å². The van der Waals surface area contributed by atoms with Gasteiger partial charge in [0.2, 0.25) is 0 Å². The van der Waals surface area contributed by atoms with Gasteiger partial charge in [0.05, 0.1) is 17.4 Å². The lowest BCUT2D eigenvalue weighted by atomic mass is 10.2. The average molecular weight is 340 g/mol. The molecule has 1 N–H and O–H groups in total. The molecule has 0 spiro atoms. The molecule has 0 aliphatic carbocycles. The van der Waals surface area contributed by atoms with Crippen LogP contribution in [-0.2, 0) is 0 Å². The fourth-order valence-electron chi connectivity index (χ4n) is 1.58. The number of carbonyl (C=O) groups is 1. The zero-order chi connectivity index (χ0) is 14.0. The van der Waals surface area contributed by atoms with Crippen molar-refractivity contribution in [2.24, 2.45) is 0 Å². The van der Waals surface area contributed by atoms with Gasteiger partial charge in [-0.25, -0.2) is 0 Å². The number of aromatic nitrogens is 2. The first-order valence-corrected chi connectivity index (χ1v) is 7.05. The Morgan fingerprint density at radius 1 is 1.47 bits per heavy atom. The number of carbonyl (C=O) groups excluding carboxylic acids is 1. The van der Waals surface area contributed by atoms with Gasteiger partial charge in [0.15, 0.2) is 0 Å². The number of amides is 1. The van der Waals surface area contributed by atoms with Crippen LogP contribution in [0.1, 0.15) is 30.2 Å². The van der Waals surface area contributed by atoms with Gasteiger partial charge in [0.25, 0.3) is 5.91 Å². The highest BCUT2D eigenvalue weighted by molar-refractivity contribution is 9.10. The summed E-state index contributed by atoms with van der Waals surface area (Å²) in [5.74, 6) is -0.194. The Morgan fingerprint density at radius 2 is 2.21 bits per heavy atom. The van der Waals surface area contributed by atoms with Gasteiger partial charge in [-0.1, -0.05) is 15.9 Å². The first kappa shape index (κ1) is 14.1. The Morgan fingerprint density at radius 3 is 2.79 bits per heavy atom. The van der Waals surface area contributed by atoms with Crippen LogP contribution >= 0.6 is 28.6 Å². The highest BCUT2D eigenvalue weighted by Gasteiger charge is 2.11. The summed E-state index contributed by atoms with van der Waals surface area (Å²) in [6, 6.07) is 5.59. The molecule has 0 saturated carbocycles. The standard InChI is InChI=1S/C13H14BrN3OS/c1-8(2)17-7-10(6-15-17)16-13(18)11-4-3-9(14)5-12(11)19/h3-8,19H,1-2H3,(H,16,18). The van der Waals surface area contributed by atoms with Gasteiger partial charge in [0, 0.05) is 21.6 Å². The minimum absolute atomic E-state index is 0.194. The molecule has 0 unspecified atom stereocenters. The Balaban J connectivity index is 2.16. The van der Waals surface area contributed by atoms with E-state index in [1.54, 1.807) is 29.2 Å². The van der Waals surface area contributed by atoms with E-state index in [0.29, 0.717) is 16.1 Å². The predicted octanol–water partition coefficient (Wildman–Crippen LogP) is 3.77. The van der Waals surface area contributed by atoms with E-state index in [1.165, 1.54) is 0 Å². The quantitative estimate of drug-likeness (QED) is 0.836. The fraction of sp³-hybridized carbons (Fsp3) is 0.231. The Bertz CT molecular complexity index is 610. The Hall–Kier alpha value is -1.27. The molecule has 0 atom stereocenters. The van der Waals surface area contributed by atoms with Gasteiger partial charge in [-0.05, 0) is 32.0 Å². The third kappa shape index (κ3) is 3.39. The molecule has 2 rings (SSSR count). The zero-order valence-corrected chi connectivity index (χ0v) is 13.1. The molecule has 2 aromatic rings. The lowest BCUT2D eigenvalue weighted by molar-refractivity contribution is 0.102. The van der Waals surface area contributed by atoms with E-state index in [-0.39, 0.29) is 11.9 Å². The van der Waals surface area contributed by atoms with E-state index in [4.69, 9.17) is 0 Å². The van der Waals surface area contributed by atoms with Crippen molar-refractivity contribution < 1.29 is 4.79 Å². The van der Waals surface area contributed by atoms with E-state index in [9.17, 15) is 4.79 Å². The van der Waals surface area contributed by atoms with Gasteiger partial charge < -0.3 is 5.32 Å². The summed E-state index contributed by atoms with van der Waals surface area (Å²) in [4.78, 5) is 12.7. The van der Waals surface area contributed by atoms with Crippen molar-refractivity contribution >= 4 is 40.2 Å². The first-order valence-electron chi connectivity index (χ1n) is 5.81. The molecule has 6 heteroatoms. The largest absolute Gasteiger partial charge is 0.319 e. The Labute approximate surface area is 125 Å². The summed E-state index contributed by atoms with van der Waals surface area (Å²) >= 11 is 7.64. The second-order valence-corrected chi connectivity index (χ2v) is 5.82. The van der Waals surface area contributed by atoms with Gasteiger partial charge >= 0.3 is 0 Å². The molecule has 4 nitrogen and oxygen atoms in total. The van der Waals surface area contributed by atoms with Crippen LogP contribution in [0.3, 0.4) is 0 Å². The molecule has 1 heterocycles. The molecule has 19 heavy (non-hydrogen) atoms.